The van der Waals surface area contributed by atoms with E-state index in [1.54, 1.807) is 30.3 Å². The quantitative estimate of drug-likeness (QED) is 0.719. The molecular weight excluding hydrogens is 150 g/mol. The molecule has 66 valence electrons. The van der Waals surface area contributed by atoms with E-state index in [1.807, 2.05) is 5.32 Å². The Bertz CT molecular complexity index is 374. The molecule has 2 atom stereocenters. The van der Waals surface area contributed by atoms with Gasteiger partial charge < -0.3 is 10.4 Å². The minimum absolute atomic E-state index is 0.357. The standard InChI is InChI=1S/C10H15NO/c1-8(11-2)10(12)9-6-4-3-5-7-9/h3-8,10-12H,1-2H3/t8-,10-/m0/s1/i1D3,2D3. The van der Waals surface area contributed by atoms with Crippen molar-refractivity contribution < 1.29 is 13.3 Å². The van der Waals surface area contributed by atoms with Gasteiger partial charge in [-0.3, -0.25) is 0 Å². The van der Waals surface area contributed by atoms with Crippen LogP contribution in [0.15, 0.2) is 30.3 Å². The Morgan fingerprint density at radius 1 is 1.42 bits per heavy atom. The number of hydrogen-bond donors (Lipinski definition) is 2. The highest BCUT2D eigenvalue weighted by molar-refractivity contribution is 5.18. The number of rotatable bonds is 3. The predicted molar refractivity (Wildman–Crippen MR) is 49.9 cm³/mol. The van der Waals surface area contributed by atoms with Gasteiger partial charge in [0.2, 0.25) is 0 Å². The summed E-state index contributed by atoms with van der Waals surface area (Å²) in [6, 6.07) is 6.55. The van der Waals surface area contributed by atoms with E-state index in [1.165, 1.54) is 0 Å². The summed E-state index contributed by atoms with van der Waals surface area (Å²) >= 11 is 0. The molecule has 12 heavy (non-hydrogen) atoms. The molecule has 0 aromatic heterocycles. The van der Waals surface area contributed by atoms with Gasteiger partial charge in [-0.25, -0.2) is 0 Å². The monoisotopic (exact) mass is 171 g/mol. The summed E-state index contributed by atoms with van der Waals surface area (Å²) < 4.78 is 43.1. The lowest BCUT2D eigenvalue weighted by molar-refractivity contribution is 0.140. The van der Waals surface area contributed by atoms with Crippen molar-refractivity contribution in [3.8, 4) is 0 Å². The van der Waals surface area contributed by atoms with Crippen molar-refractivity contribution in [3.63, 3.8) is 0 Å². The fourth-order valence-corrected chi connectivity index (χ4v) is 0.922. The van der Waals surface area contributed by atoms with E-state index in [4.69, 9.17) is 8.22 Å². The van der Waals surface area contributed by atoms with Crippen LogP contribution in [0.5, 0.6) is 0 Å². The van der Waals surface area contributed by atoms with E-state index < -0.39 is 26.0 Å². The van der Waals surface area contributed by atoms with Crippen molar-refractivity contribution in [2.75, 3.05) is 6.98 Å². The molecule has 0 aliphatic carbocycles. The molecule has 0 saturated heterocycles. The van der Waals surface area contributed by atoms with Gasteiger partial charge in [0.1, 0.15) is 0 Å². The summed E-state index contributed by atoms with van der Waals surface area (Å²) in [6.07, 6.45) is -1.42. The van der Waals surface area contributed by atoms with Crippen LogP contribution in [0.4, 0.5) is 0 Å². The number of likely N-dealkylation sites (N-methyl/N-ethyl adjacent to an activating group) is 1. The maximum Gasteiger partial charge on any atom is 0.0940 e. The van der Waals surface area contributed by atoms with Gasteiger partial charge in [0.15, 0.2) is 0 Å². The van der Waals surface area contributed by atoms with Crippen LogP contribution in [0.25, 0.3) is 0 Å². The highest BCUT2D eigenvalue weighted by atomic mass is 16.3. The third-order valence-electron chi connectivity index (χ3n) is 1.61. The Labute approximate surface area is 81.7 Å². The van der Waals surface area contributed by atoms with E-state index in [0.717, 1.165) is 0 Å². The summed E-state index contributed by atoms with van der Waals surface area (Å²) in [5.74, 6) is 0. The van der Waals surface area contributed by atoms with Crippen molar-refractivity contribution >= 4 is 0 Å². The summed E-state index contributed by atoms with van der Waals surface area (Å²) in [5, 5.41) is 12.0. The van der Waals surface area contributed by atoms with Crippen LogP contribution < -0.4 is 5.32 Å². The molecule has 0 aliphatic rings. The van der Waals surface area contributed by atoms with Crippen LogP contribution >= 0.6 is 0 Å². The molecule has 0 unspecified atom stereocenters. The lowest BCUT2D eigenvalue weighted by Crippen LogP contribution is -2.28. The van der Waals surface area contributed by atoms with E-state index in [9.17, 15) is 5.11 Å². The average Bonchev–Trinajstić information content (AvgIpc) is 2.24. The second-order valence-corrected chi connectivity index (χ2v) is 2.48. The molecular formula is C10H15NO. The van der Waals surface area contributed by atoms with Crippen molar-refractivity contribution in [1.29, 1.82) is 0 Å². The third-order valence-corrected chi connectivity index (χ3v) is 1.61. The first-order chi connectivity index (χ1) is 8.11. The van der Waals surface area contributed by atoms with Gasteiger partial charge in [0, 0.05) is 14.3 Å². The molecule has 0 fully saturated rings. The summed E-state index contributed by atoms with van der Waals surface area (Å²) in [5.41, 5.74) is 0.357. The minimum atomic E-state index is -2.63. The first-order valence-electron chi connectivity index (χ1n) is 6.62. The molecule has 0 radical (unpaired) electrons. The first-order valence-corrected chi connectivity index (χ1v) is 3.62. The maximum atomic E-state index is 10.0. The topological polar surface area (TPSA) is 32.3 Å². The molecule has 0 aliphatic heterocycles. The number of benzene rings is 1. The second-order valence-electron chi connectivity index (χ2n) is 2.48. The van der Waals surface area contributed by atoms with Gasteiger partial charge in [-0.2, -0.15) is 0 Å². The van der Waals surface area contributed by atoms with Crippen molar-refractivity contribution in [1.82, 2.24) is 5.32 Å². The van der Waals surface area contributed by atoms with Crippen LogP contribution in [0.1, 0.15) is 26.7 Å². The van der Waals surface area contributed by atoms with Crippen LogP contribution in [0.2, 0.25) is 0 Å². The van der Waals surface area contributed by atoms with Gasteiger partial charge in [0.05, 0.1) is 6.10 Å². The van der Waals surface area contributed by atoms with Crippen LogP contribution in [-0.4, -0.2) is 18.1 Å². The lowest BCUT2D eigenvalue weighted by Gasteiger charge is -2.17. The Morgan fingerprint density at radius 3 is 2.75 bits per heavy atom. The highest BCUT2D eigenvalue weighted by Gasteiger charge is 2.12. The third kappa shape index (κ3) is 2.06. The van der Waals surface area contributed by atoms with E-state index >= 15 is 0 Å². The number of nitrogens with one attached hydrogen (secondary N) is 1. The fraction of sp³-hybridized carbons (Fsp3) is 0.400. The largest absolute Gasteiger partial charge is 0.387 e. The summed E-state index contributed by atoms with van der Waals surface area (Å²) in [7, 11) is 0. The molecule has 0 heterocycles. The van der Waals surface area contributed by atoms with Crippen molar-refractivity contribution in [2.24, 2.45) is 0 Å². The molecule has 0 spiro atoms. The molecule has 2 heteroatoms. The van der Waals surface area contributed by atoms with Crippen LogP contribution in [-0.2, 0) is 0 Å². The average molecular weight is 171 g/mol. The SMILES string of the molecule is [2H]C([2H])([2H])N[C@H]([C@H](O)c1ccccc1)C([2H])([2H])[2H]. The zero-order chi connectivity index (χ0) is 14.0. The molecule has 2 nitrogen and oxygen atoms in total. The highest BCUT2D eigenvalue weighted by Crippen LogP contribution is 2.15. The van der Waals surface area contributed by atoms with Crippen LogP contribution in [0, 0.1) is 0 Å². The van der Waals surface area contributed by atoms with Gasteiger partial charge in [0.25, 0.3) is 0 Å². The molecule has 1 aromatic carbocycles. The van der Waals surface area contributed by atoms with Crippen molar-refractivity contribution in [2.45, 2.75) is 19.0 Å². The van der Waals surface area contributed by atoms with Gasteiger partial charge in [-0.15, -0.1) is 0 Å². The van der Waals surface area contributed by atoms with Crippen LogP contribution in [0.3, 0.4) is 0 Å². The minimum Gasteiger partial charge on any atom is -0.387 e. The Hall–Kier alpha value is -0.860. The Morgan fingerprint density at radius 2 is 2.17 bits per heavy atom. The predicted octanol–water partition coefficient (Wildman–Crippen LogP) is 1.33. The van der Waals surface area contributed by atoms with Gasteiger partial charge in [-0.05, 0) is 19.4 Å². The fourth-order valence-electron chi connectivity index (χ4n) is 0.922. The number of aliphatic hydroxyl groups excluding tert-OH is 1. The lowest BCUT2D eigenvalue weighted by atomic mass is 10.0. The molecule has 2 N–H and O–H groups in total. The van der Waals surface area contributed by atoms with E-state index in [-0.39, 0.29) is 0 Å². The van der Waals surface area contributed by atoms with Gasteiger partial charge >= 0.3 is 0 Å². The van der Waals surface area contributed by atoms with Crippen molar-refractivity contribution in [3.05, 3.63) is 35.9 Å². The Kier molecular flexibility index (Phi) is 1.38. The number of aliphatic hydroxyl groups is 1. The zero-order valence-electron chi connectivity index (χ0n) is 12.5. The normalized spacial score (nSPS) is 25.1. The summed E-state index contributed by atoms with van der Waals surface area (Å²) in [6.45, 7) is -5.25. The Balaban J connectivity index is 2.97. The van der Waals surface area contributed by atoms with Gasteiger partial charge in [-0.1, -0.05) is 30.3 Å². The van der Waals surface area contributed by atoms with E-state index in [2.05, 4.69) is 0 Å². The smallest absolute Gasteiger partial charge is 0.0940 e. The maximum absolute atomic E-state index is 10.0. The molecule has 0 amide bonds. The summed E-state index contributed by atoms with van der Waals surface area (Å²) in [4.78, 5) is 0. The first kappa shape index (κ1) is 3.90. The second kappa shape index (κ2) is 4.24. The molecule has 1 aromatic rings. The molecule has 1 rings (SSSR count). The molecule has 0 saturated carbocycles. The van der Waals surface area contributed by atoms with E-state index in [0.29, 0.717) is 5.56 Å². The number of hydrogen-bond acceptors (Lipinski definition) is 2. The molecule has 0 bridgehead atoms. The zero-order valence-corrected chi connectivity index (χ0v) is 6.49.